The van der Waals surface area contributed by atoms with Gasteiger partial charge in [-0.1, -0.05) is 34.5 Å². The summed E-state index contributed by atoms with van der Waals surface area (Å²) in [6.45, 7) is 0. The van der Waals surface area contributed by atoms with Crippen LogP contribution in [0.15, 0.2) is 48.5 Å². The lowest BCUT2D eigenvalue weighted by molar-refractivity contribution is 0.809. The number of halogens is 2. The molecule has 0 saturated carbocycles. The van der Waals surface area contributed by atoms with E-state index in [2.05, 4.69) is 20.5 Å². The van der Waals surface area contributed by atoms with Gasteiger partial charge in [0.2, 0.25) is 0 Å². The molecule has 0 atom stereocenters. The van der Waals surface area contributed by atoms with Crippen LogP contribution in [0.1, 0.15) is 0 Å². The van der Waals surface area contributed by atoms with Crippen LogP contribution >= 0.6 is 35.4 Å². The molecule has 7 nitrogen and oxygen atoms in total. The van der Waals surface area contributed by atoms with Crippen LogP contribution in [0.5, 0.6) is 0 Å². The fourth-order valence-electron chi connectivity index (χ4n) is 2.53. The van der Waals surface area contributed by atoms with Crippen molar-refractivity contribution in [1.29, 1.82) is 0 Å². The highest BCUT2D eigenvalue weighted by Crippen LogP contribution is 2.27. The average Bonchev–Trinajstić information content (AvgIpc) is 3.18. The predicted octanol–water partition coefficient (Wildman–Crippen LogP) is 4.07. The summed E-state index contributed by atoms with van der Waals surface area (Å²) in [7, 11) is 0. The van der Waals surface area contributed by atoms with Crippen molar-refractivity contribution in [3.8, 4) is 22.9 Å². The van der Waals surface area contributed by atoms with Gasteiger partial charge in [0, 0.05) is 10.0 Å². The number of hydrogen-bond donors (Lipinski definition) is 2. The first kappa shape index (κ1) is 16.8. The standard InChI is InChI=1S/C16H11Cl2N7S/c17-9-4-6-11(7-5-9)25-14(19)13(20-23-25)15-21-22-16(26)24(15)12-3-1-2-10(18)8-12/h1-8H,19H2,(H,22,26). The molecule has 0 aliphatic heterocycles. The van der Waals surface area contributed by atoms with Gasteiger partial charge >= 0.3 is 0 Å². The van der Waals surface area contributed by atoms with Gasteiger partial charge in [0.05, 0.1) is 11.4 Å². The molecule has 3 N–H and O–H groups in total. The molecule has 4 aromatic rings. The Morgan fingerprint density at radius 2 is 1.77 bits per heavy atom. The van der Waals surface area contributed by atoms with E-state index in [1.54, 1.807) is 41.0 Å². The lowest BCUT2D eigenvalue weighted by atomic mass is 10.3. The largest absolute Gasteiger partial charge is 0.382 e. The van der Waals surface area contributed by atoms with Gasteiger partial charge in [0.15, 0.2) is 22.1 Å². The van der Waals surface area contributed by atoms with Crippen molar-refractivity contribution < 1.29 is 0 Å². The van der Waals surface area contributed by atoms with Crippen molar-refractivity contribution in [2.45, 2.75) is 0 Å². The summed E-state index contributed by atoms with van der Waals surface area (Å²) in [6, 6.07) is 14.3. The van der Waals surface area contributed by atoms with Gasteiger partial charge in [0.25, 0.3) is 0 Å². The van der Waals surface area contributed by atoms with Crippen LogP contribution in [0.4, 0.5) is 5.82 Å². The minimum Gasteiger partial charge on any atom is -0.382 e. The van der Waals surface area contributed by atoms with E-state index in [0.717, 1.165) is 11.4 Å². The highest BCUT2D eigenvalue weighted by Gasteiger charge is 2.20. The van der Waals surface area contributed by atoms with E-state index in [1.165, 1.54) is 4.68 Å². The normalized spacial score (nSPS) is 11.0. The monoisotopic (exact) mass is 403 g/mol. The van der Waals surface area contributed by atoms with E-state index in [4.69, 9.17) is 41.2 Å². The summed E-state index contributed by atoms with van der Waals surface area (Å²) < 4.78 is 3.60. The maximum absolute atomic E-state index is 6.27. The van der Waals surface area contributed by atoms with Crippen LogP contribution in [-0.4, -0.2) is 29.8 Å². The molecular formula is C16H11Cl2N7S. The van der Waals surface area contributed by atoms with Crippen molar-refractivity contribution in [3.05, 3.63) is 63.3 Å². The third-order valence-corrected chi connectivity index (χ3v) is 4.49. The lowest BCUT2D eigenvalue weighted by Crippen LogP contribution is -2.03. The summed E-state index contributed by atoms with van der Waals surface area (Å²) in [5.41, 5.74) is 8.14. The second-order valence-corrected chi connectivity index (χ2v) is 6.64. The number of nitrogens with one attached hydrogen (secondary N) is 1. The Balaban J connectivity index is 1.86. The minimum absolute atomic E-state index is 0.324. The van der Waals surface area contributed by atoms with Crippen LogP contribution in [0.2, 0.25) is 10.0 Å². The Morgan fingerprint density at radius 3 is 2.50 bits per heavy atom. The topological polar surface area (TPSA) is 90.3 Å². The first-order valence-electron chi connectivity index (χ1n) is 7.45. The zero-order valence-corrected chi connectivity index (χ0v) is 15.4. The quantitative estimate of drug-likeness (QED) is 0.503. The molecule has 0 saturated heterocycles. The van der Waals surface area contributed by atoms with Crippen LogP contribution in [-0.2, 0) is 0 Å². The number of nitrogens with two attached hydrogens (primary N) is 1. The maximum Gasteiger partial charge on any atom is 0.200 e. The number of benzene rings is 2. The Kier molecular flexibility index (Phi) is 4.23. The van der Waals surface area contributed by atoms with E-state index in [9.17, 15) is 0 Å². The van der Waals surface area contributed by atoms with E-state index in [-0.39, 0.29) is 0 Å². The Bertz CT molecular complexity index is 1140. The molecule has 0 amide bonds. The zero-order valence-electron chi connectivity index (χ0n) is 13.1. The van der Waals surface area contributed by atoms with Gasteiger partial charge in [-0.3, -0.25) is 9.67 Å². The Morgan fingerprint density at radius 1 is 1.00 bits per heavy atom. The fourth-order valence-corrected chi connectivity index (χ4v) is 3.08. The number of rotatable bonds is 3. The van der Waals surface area contributed by atoms with Crippen LogP contribution < -0.4 is 5.73 Å². The second kappa shape index (κ2) is 6.56. The van der Waals surface area contributed by atoms with E-state index in [0.29, 0.717) is 32.2 Å². The van der Waals surface area contributed by atoms with E-state index in [1.807, 2.05) is 12.1 Å². The number of aromatic nitrogens is 6. The average molecular weight is 404 g/mol. The molecule has 4 rings (SSSR count). The third-order valence-electron chi connectivity index (χ3n) is 3.73. The fraction of sp³-hybridized carbons (Fsp3) is 0. The van der Waals surface area contributed by atoms with Gasteiger partial charge in [-0.05, 0) is 54.7 Å². The SMILES string of the molecule is Nc1c(-c2n[nH]c(=S)n2-c2cccc(Cl)c2)nnn1-c1ccc(Cl)cc1. The number of aromatic amines is 1. The van der Waals surface area contributed by atoms with Crippen molar-refractivity contribution in [3.63, 3.8) is 0 Å². The number of nitrogens with zero attached hydrogens (tertiary/aromatic N) is 5. The maximum atomic E-state index is 6.27. The Hall–Kier alpha value is -2.68. The summed E-state index contributed by atoms with van der Waals surface area (Å²) in [5, 5.41) is 16.5. The van der Waals surface area contributed by atoms with Crippen LogP contribution in [0.25, 0.3) is 22.9 Å². The number of anilines is 1. The first-order chi connectivity index (χ1) is 12.5. The zero-order chi connectivity index (χ0) is 18.3. The number of hydrogen-bond acceptors (Lipinski definition) is 5. The summed E-state index contributed by atoms with van der Waals surface area (Å²) in [6.07, 6.45) is 0. The minimum atomic E-state index is 0.324. The van der Waals surface area contributed by atoms with Crippen molar-refractivity contribution in [1.82, 2.24) is 29.8 Å². The summed E-state index contributed by atoms with van der Waals surface area (Å²) in [5.74, 6) is 0.764. The molecule has 0 fully saturated rings. The number of H-pyrrole nitrogens is 1. The molecule has 2 aromatic carbocycles. The summed E-state index contributed by atoms with van der Waals surface area (Å²) in [4.78, 5) is 0. The van der Waals surface area contributed by atoms with Crippen LogP contribution in [0.3, 0.4) is 0 Å². The van der Waals surface area contributed by atoms with Gasteiger partial charge in [-0.2, -0.15) is 9.78 Å². The van der Waals surface area contributed by atoms with Gasteiger partial charge in [-0.15, -0.1) is 5.10 Å². The number of nitrogen functional groups attached to an aromatic ring is 1. The highest BCUT2D eigenvalue weighted by atomic mass is 35.5. The smallest absolute Gasteiger partial charge is 0.200 e. The van der Waals surface area contributed by atoms with Crippen molar-refractivity contribution in [2.24, 2.45) is 0 Å². The molecule has 130 valence electrons. The van der Waals surface area contributed by atoms with Gasteiger partial charge in [-0.25, -0.2) is 0 Å². The van der Waals surface area contributed by atoms with Gasteiger partial charge < -0.3 is 5.73 Å². The second-order valence-electron chi connectivity index (χ2n) is 5.38. The highest BCUT2D eigenvalue weighted by molar-refractivity contribution is 7.71. The molecule has 0 unspecified atom stereocenters. The van der Waals surface area contributed by atoms with Crippen molar-refractivity contribution >= 4 is 41.2 Å². The van der Waals surface area contributed by atoms with E-state index >= 15 is 0 Å². The molecular weight excluding hydrogens is 393 g/mol. The first-order valence-corrected chi connectivity index (χ1v) is 8.62. The molecule has 2 aromatic heterocycles. The lowest BCUT2D eigenvalue weighted by Gasteiger charge is -2.06. The molecule has 0 aliphatic carbocycles. The predicted molar refractivity (Wildman–Crippen MR) is 104 cm³/mol. The van der Waals surface area contributed by atoms with Crippen molar-refractivity contribution in [2.75, 3.05) is 5.73 Å². The molecule has 0 aliphatic rings. The van der Waals surface area contributed by atoms with Crippen LogP contribution in [0, 0.1) is 4.77 Å². The molecule has 0 bridgehead atoms. The van der Waals surface area contributed by atoms with E-state index < -0.39 is 0 Å². The third kappa shape index (κ3) is 2.88. The Labute approximate surface area is 163 Å². The molecule has 0 radical (unpaired) electrons. The summed E-state index contributed by atoms with van der Waals surface area (Å²) >= 11 is 17.4. The van der Waals surface area contributed by atoms with Gasteiger partial charge in [0.1, 0.15) is 0 Å². The molecule has 26 heavy (non-hydrogen) atoms. The molecule has 2 heterocycles. The molecule has 0 spiro atoms. The molecule has 10 heteroatoms.